The predicted octanol–water partition coefficient (Wildman–Crippen LogP) is 2.07. The molecule has 88 valence electrons. The molecule has 1 aliphatic rings. The van der Waals surface area contributed by atoms with Crippen LogP contribution in [0.4, 0.5) is 0 Å². The quantitative estimate of drug-likeness (QED) is 0.685. The zero-order valence-corrected chi connectivity index (χ0v) is 9.69. The van der Waals surface area contributed by atoms with Crippen molar-refractivity contribution in [2.45, 2.75) is 19.8 Å². The van der Waals surface area contributed by atoms with Crippen LogP contribution in [0.25, 0.3) is 0 Å². The first-order valence-corrected chi connectivity index (χ1v) is 5.05. The van der Waals surface area contributed by atoms with E-state index in [0.29, 0.717) is 5.92 Å². The maximum Gasteiger partial charge on any atom is 0.302 e. The Balaban J connectivity index is 0.000000221. The summed E-state index contributed by atoms with van der Waals surface area (Å²) in [6.45, 7) is 4.21. The third-order valence-corrected chi connectivity index (χ3v) is 2.30. The third-order valence-electron chi connectivity index (χ3n) is 2.30. The summed E-state index contributed by atoms with van der Waals surface area (Å²) in [5.41, 5.74) is 1.20. The van der Waals surface area contributed by atoms with E-state index in [4.69, 9.17) is 9.84 Å². The van der Waals surface area contributed by atoms with E-state index in [9.17, 15) is 4.79 Å². The highest BCUT2D eigenvalue weighted by atomic mass is 16.5. The number of phenols is 1. The lowest BCUT2D eigenvalue weighted by Crippen LogP contribution is -1.93. The molecule has 1 aliphatic heterocycles. The van der Waals surface area contributed by atoms with Crippen molar-refractivity contribution in [1.29, 1.82) is 0 Å². The van der Waals surface area contributed by atoms with Crippen LogP contribution in [0, 0.1) is 0 Å². The Hall–Kier alpha value is -1.71. The van der Waals surface area contributed by atoms with E-state index in [1.54, 1.807) is 12.1 Å². The molecule has 1 atom stereocenters. The SMILES string of the molecule is CC1COc2cc(O)ccc21.COC(C)=O. The first kappa shape index (κ1) is 12.4. The molecule has 0 spiro atoms. The summed E-state index contributed by atoms with van der Waals surface area (Å²) in [6.07, 6.45) is 0. The Labute approximate surface area is 94.8 Å². The molecule has 4 nitrogen and oxygen atoms in total. The van der Waals surface area contributed by atoms with Gasteiger partial charge in [0.25, 0.3) is 0 Å². The number of carbonyl (C=O) groups excluding carboxylic acids is 1. The van der Waals surface area contributed by atoms with Gasteiger partial charge >= 0.3 is 5.97 Å². The van der Waals surface area contributed by atoms with Crippen molar-refractivity contribution in [3.05, 3.63) is 23.8 Å². The zero-order valence-electron chi connectivity index (χ0n) is 9.69. The maximum absolute atomic E-state index is 9.59. The molecule has 4 heteroatoms. The molecule has 0 bridgehead atoms. The second-order valence-corrected chi connectivity index (χ2v) is 3.63. The summed E-state index contributed by atoms with van der Waals surface area (Å²) in [7, 11) is 1.35. The van der Waals surface area contributed by atoms with Crippen LogP contribution in [0.1, 0.15) is 25.3 Å². The number of phenolic OH excluding ortho intramolecular Hbond substituents is 1. The monoisotopic (exact) mass is 224 g/mol. The minimum absolute atomic E-state index is 0.245. The summed E-state index contributed by atoms with van der Waals surface area (Å²) in [6, 6.07) is 5.28. The minimum atomic E-state index is -0.245. The van der Waals surface area contributed by atoms with Crippen molar-refractivity contribution in [3.63, 3.8) is 0 Å². The fraction of sp³-hybridized carbons (Fsp3) is 0.417. The van der Waals surface area contributed by atoms with Crippen LogP contribution in [0.3, 0.4) is 0 Å². The Morgan fingerprint density at radius 2 is 2.19 bits per heavy atom. The van der Waals surface area contributed by atoms with Crippen molar-refractivity contribution in [2.24, 2.45) is 0 Å². The van der Waals surface area contributed by atoms with Gasteiger partial charge in [0, 0.05) is 24.5 Å². The van der Waals surface area contributed by atoms with Crippen LogP contribution in [-0.4, -0.2) is 24.8 Å². The highest BCUT2D eigenvalue weighted by molar-refractivity contribution is 5.65. The van der Waals surface area contributed by atoms with Crippen LogP contribution in [-0.2, 0) is 9.53 Å². The van der Waals surface area contributed by atoms with Crippen molar-refractivity contribution in [1.82, 2.24) is 0 Å². The molecule has 0 saturated carbocycles. The molecule has 16 heavy (non-hydrogen) atoms. The lowest BCUT2D eigenvalue weighted by molar-refractivity contribution is -0.137. The molecule has 1 aromatic rings. The molecule has 0 aromatic heterocycles. The molecule has 0 saturated heterocycles. The van der Waals surface area contributed by atoms with Crippen LogP contribution < -0.4 is 4.74 Å². The molecule has 0 aliphatic carbocycles. The molecular weight excluding hydrogens is 208 g/mol. The number of hydrogen-bond acceptors (Lipinski definition) is 4. The third kappa shape index (κ3) is 3.15. The number of aromatic hydroxyl groups is 1. The Morgan fingerprint density at radius 3 is 2.75 bits per heavy atom. The summed E-state index contributed by atoms with van der Waals surface area (Å²) in [4.78, 5) is 9.59. The number of methoxy groups -OCH3 is 1. The normalized spacial score (nSPS) is 16.6. The van der Waals surface area contributed by atoms with Crippen molar-refractivity contribution in [2.75, 3.05) is 13.7 Å². The van der Waals surface area contributed by atoms with E-state index in [1.165, 1.54) is 19.6 Å². The molecule has 1 unspecified atom stereocenters. The average molecular weight is 224 g/mol. The van der Waals surface area contributed by atoms with E-state index < -0.39 is 0 Å². The van der Waals surface area contributed by atoms with Gasteiger partial charge in [-0.25, -0.2) is 0 Å². The van der Waals surface area contributed by atoms with Gasteiger partial charge in [-0.2, -0.15) is 0 Å². The zero-order chi connectivity index (χ0) is 12.1. The van der Waals surface area contributed by atoms with Gasteiger partial charge in [0.15, 0.2) is 0 Å². The first-order valence-electron chi connectivity index (χ1n) is 5.05. The lowest BCUT2D eigenvalue weighted by atomic mass is 10.0. The Morgan fingerprint density at radius 1 is 1.56 bits per heavy atom. The number of fused-ring (bicyclic) bond motifs is 1. The van der Waals surface area contributed by atoms with Crippen LogP contribution in [0.5, 0.6) is 11.5 Å². The maximum atomic E-state index is 9.59. The second-order valence-electron chi connectivity index (χ2n) is 3.63. The number of rotatable bonds is 0. The van der Waals surface area contributed by atoms with Gasteiger partial charge in [-0.3, -0.25) is 4.79 Å². The Bertz CT molecular complexity index is 373. The molecule has 0 radical (unpaired) electrons. The number of esters is 1. The van der Waals surface area contributed by atoms with Gasteiger partial charge in [0.1, 0.15) is 11.5 Å². The second kappa shape index (κ2) is 5.39. The molecular formula is C12H16O4. The van der Waals surface area contributed by atoms with Crippen molar-refractivity contribution < 1.29 is 19.4 Å². The van der Waals surface area contributed by atoms with E-state index in [1.807, 2.05) is 6.07 Å². The highest BCUT2D eigenvalue weighted by Gasteiger charge is 2.19. The summed E-state index contributed by atoms with van der Waals surface area (Å²) >= 11 is 0. The van der Waals surface area contributed by atoms with Gasteiger partial charge in [-0.15, -0.1) is 0 Å². The number of benzene rings is 1. The van der Waals surface area contributed by atoms with E-state index in [-0.39, 0.29) is 11.7 Å². The van der Waals surface area contributed by atoms with Gasteiger partial charge in [0.2, 0.25) is 0 Å². The van der Waals surface area contributed by atoms with Crippen LogP contribution >= 0.6 is 0 Å². The topological polar surface area (TPSA) is 55.8 Å². The highest BCUT2D eigenvalue weighted by Crippen LogP contribution is 2.35. The molecule has 1 heterocycles. The Kier molecular flexibility index (Phi) is 4.17. The molecule has 1 aromatic carbocycles. The fourth-order valence-electron chi connectivity index (χ4n) is 1.36. The standard InChI is InChI=1S/C9H10O2.C3H6O2/c1-6-5-11-9-4-7(10)2-3-8(6)9;1-3(4)5-2/h2-4,6,10H,5H2,1H3;1-2H3. The van der Waals surface area contributed by atoms with Gasteiger partial charge < -0.3 is 14.6 Å². The lowest BCUT2D eigenvalue weighted by Gasteiger charge is -1.99. The fourth-order valence-corrected chi connectivity index (χ4v) is 1.36. The van der Waals surface area contributed by atoms with E-state index in [2.05, 4.69) is 11.7 Å². The molecule has 0 fully saturated rings. The van der Waals surface area contributed by atoms with Gasteiger partial charge in [-0.1, -0.05) is 13.0 Å². The summed E-state index contributed by atoms with van der Waals surface area (Å²) < 4.78 is 9.44. The van der Waals surface area contributed by atoms with Crippen molar-refractivity contribution >= 4 is 5.97 Å². The molecule has 2 rings (SSSR count). The number of hydrogen-bond donors (Lipinski definition) is 1. The van der Waals surface area contributed by atoms with E-state index in [0.717, 1.165) is 12.4 Å². The number of ether oxygens (including phenoxy) is 2. The number of carbonyl (C=O) groups is 1. The summed E-state index contributed by atoms with van der Waals surface area (Å²) in [5.74, 6) is 1.32. The van der Waals surface area contributed by atoms with E-state index >= 15 is 0 Å². The molecule has 0 amide bonds. The predicted molar refractivity (Wildman–Crippen MR) is 59.7 cm³/mol. The smallest absolute Gasteiger partial charge is 0.302 e. The minimum Gasteiger partial charge on any atom is -0.508 e. The van der Waals surface area contributed by atoms with Gasteiger partial charge in [0.05, 0.1) is 13.7 Å². The summed E-state index contributed by atoms with van der Waals surface area (Å²) in [5, 5.41) is 9.10. The average Bonchev–Trinajstić information content (AvgIpc) is 2.60. The first-order chi connectivity index (χ1) is 7.54. The van der Waals surface area contributed by atoms with Crippen molar-refractivity contribution in [3.8, 4) is 11.5 Å². The van der Waals surface area contributed by atoms with Gasteiger partial charge in [-0.05, 0) is 6.07 Å². The molecule has 1 N–H and O–H groups in total. The van der Waals surface area contributed by atoms with Crippen LogP contribution in [0.2, 0.25) is 0 Å². The largest absolute Gasteiger partial charge is 0.508 e. The van der Waals surface area contributed by atoms with Crippen LogP contribution in [0.15, 0.2) is 18.2 Å².